The topological polar surface area (TPSA) is 66.0 Å². The third-order valence-corrected chi connectivity index (χ3v) is 7.00. The molecule has 1 amide bonds. The summed E-state index contributed by atoms with van der Waals surface area (Å²) in [5.41, 5.74) is 6.42. The lowest BCUT2D eigenvalue weighted by atomic mass is 10.0. The number of hydroxylamine groups is 2. The molecular formula is C38H56N4O2. The van der Waals surface area contributed by atoms with Crippen LogP contribution in [-0.2, 0) is 9.63 Å². The van der Waals surface area contributed by atoms with E-state index in [1.165, 1.54) is 0 Å². The Bertz CT molecular complexity index is 1190. The van der Waals surface area contributed by atoms with E-state index in [9.17, 15) is 4.79 Å². The van der Waals surface area contributed by atoms with Gasteiger partial charge in [0.15, 0.2) is 6.23 Å². The first-order valence-electron chi connectivity index (χ1n) is 16.3. The van der Waals surface area contributed by atoms with Crippen LogP contribution in [0.5, 0.6) is 0 Å². The van der Waals surface area contributed by atoms with Gasteiger partial charge in [-0.05, 0) is 74.5 Å². The first-order valence-corrected chi connectivity index (χ1v) is 16.3. The number of carbonyl (C=O) groups is 1. The molecule has 2 N–H and O–H groups in total. The average Bonchev–Trinajstić information content (AvgIpc) is 3.28. The molecule has 0 radical (unpaired) electrons. The van der Waals surface area contributed by atoms with E-state index in [1.54, 1.807) is 13.1 Å². The van der Waals surface area contributed by atoms with Gasteiger partial charge in [-0.2, -0.15) is 5.06 Å². The van der Waals surface area contributed by atoms with Crippen molar-refractivity contribution in [3.63, 3.8) is 0 Å². The second-order valence-electron chi connectivity index (χ2n) is 10.7. The number of rotatable bonds is 20. The fraction of sp³-hybridized carbons (Fsp3) is 0.500. The first kappa shape index (κ1) is 38.4. The molecule has 3 unspecified atom stereocenters. The number of amidine groups is 1. The van der Waals surface area contributed by atoms with E-state index < -0.39 is 6.23 Å². The Kier molecular flexibility index (Phi) is 20.8. The summed E-state index contributed by atoms with van der Waals surface area (Å²) in [6.45, 7) is 13.8. The van der Waals surface area contributed by atoms with E-state index in [0.29, 0.717) is 19.5 Å². The number of terminal acetylenes is 1. The van der Waals surface area contributed by atoms with Crippen LogP contribution in [0.2, 0.25) is 0 Å². The minimum atomic E-state index is -0.482. The molecule has 44 heavy (non-hydrogen) atoms. The summed E-state index contributed by atoms with van der Waals surface area (Å²) in [5.74, 6) is 3.46. The summed E-state index contributed by atoms with van der Waals surface area (Å²) in [6.07, 6.45) is 33.4. The highest BCUT2D eigenvalue weighted by Crippen LogP contribution is 2.19. The predicted octanol–water partition coefficient (Wildman–Crippen LogP) is 7.92. The molecule has 1 aliphatic carbocycles. The Labute approximate surface area is 268 Å². The molecule has 0 spiro atoms. The maximum Gasteiger partial charge on any atom is 0.222 e. The van der Waals surface area contributed by atoms with Crippen LogP contribution < -0.4 is 10.6 Å². The summed E-state index contributed by atoms with van der Waals surface area (Å²) in [5, 5.41) is 8.63. The van der Waals surface area contributed by atoms with E-state index in [4.69, 9.17) is 11.3 Å². The largest absolute Gasteiger partial charge is 0.366 e. The SMILES string of the molecule is C#C/C=C(\C=C/CC)C1=CC=C=C(C(C)NC(CN(CCC)OC(NC(=O)CCCC)C(/C=C\C=C/CC)CC)=NC)C=C1. The summed E-state index contributed by atoms with van der Waals surface area (Å²) in [6, 6.07) is -0.0510. The fourth-order valence-electron chi connectivity index (χ4n) is 4.44. The molecule has 0 aromatic rings. The summed E-state index contributed by atoms with van der Waals surface area (Å²) in [7, 11) is 1.78. The van der Waals surface area contributed by atoms with Crippen LogP contribution in [0.15, 0.2) is 94.3 Å². The number of hydrogen-bond donors (Lipinski definition) is 2. The number of nitrogens with zero attached hydrogens (tertiary/aromatic N) is 2. The Morgan fingerprint density at radius 2 is 1.89 bits per heavy atom. The molecule has 0 fully saturated rings. The van der Waals surface area contributed by atoms with Gasteiger partial charge in [0, 0.05) is 31.5 Å². The molecule has 3 atom stereocenters. The van der Waals surface area contributed by atoms with Crippen LogP contribution in [0.25, 0.3) is 0 Å². The Hall–Kier alpha value is -3.62. The minimum Gasteiger partial charge on any atom is -0.366 e. The van der Waals surface area contributed by atoms with Crippen molar-refractivity contribution in [2.75, 3.05) is 20.1 Å². The van der Waals surface area contributed by atoms with Crippen molar-refractivity contribution in [2.45, 2.75) is 98.8 Å². The quantitative estimate of drug-likeness (QED) is 0.0283. The van der Waals surface area contributed by atoms with Gasteiger partial charge in [-0.15, -0.1) is 12.2 Å². The molecule has 0 aromatic heterocycles. The van der Waals surface area contributed by atoms with E-state index in [1.807, 2.05) is 29.4 Å². The van der Waals surface area contributed by atoms with Gasteiger partial charge in [0.2, 0.25) is 5.91 Å². The number of nitrogens with one attached hydrogen (secondary N) is 2. The number of aliphatic imine (C=N–C) groups is 1. The van der Waals surface area contributed by atoms with Crippen LogP contribution in [0.3, 0.4) is 0 Å². The van der Waals surface area contributed by atoms with Gasteiger partial charge in [0.1, 0.15) is 5.84 Å². The van der Waals surface area contributed by atoms with Gasteiger partial charge >= 0.3 is 0 Å². The Balaban J connectivity index is 3.09. The highest BCUT2D eigenvalue weighted by atomic mass is 16.7. The molecule has 0 saturated carbocycles. The van der Waals surface area contributed by atoms with Crippen molar-refractivity contribution in [1.29, 1.82) is 0 Å². The maximum absolute atomic E-state index is 12.8. The third kappa shape index (κ3) is 15.2. The van der Waals surface area contributed by atoms with Crippen LogP contribution in [-0.4, -0.2) is 49.2 Å². The van der Waals surface area contributed by atoms with Crippen molar-refractivity contribution >= 4 is 11.7 Å². The third-order valence-electron chi connectivity index (χ3n) is 7.00. The average molecular weight is 601 g/mol. The molecule has 1 aliphatic rings. The van der Waals surface area contributed by atoms with Crippen molar-refractivity contribution in [1.82, 2.24) is 15.7 Å². The molecule has 0 heterocycles. The lowest BCUT2D eigenvalue weighted by molar-refractivity contribution is -0.210. The number of unbranched alkanes of at least 4 members (excludes halogenated alkanes) is 1. The molecule has 0 aromatic carbocycles. The number of carbonyl (C=O) groups excluding carboxylic acids is 1. The Morgan fingerprint density at radius 3 is 2.52 bits per heavy atom. The maximum atomic E-state index is 12.8. The fourth-order valence-corrected chi connectivity index (χ4v) is 4.44. The molecular weight excluding hydrogens is 544 g/mol. The molecule has 240 valence electrons. The van der Waals surface area contributed by atoms with E-state index in [2.05, 4.69) is 105 Å². The van der Waals surface area contributed by atoms with E-state index in [0.717, 1.165) is 61.1 Å². The van der Waals surface area contributed by atoms with Crippen molar-refractivity contribution in [3.8, 4) is 12.3 Å². The van der Waals surface area contributed by atoms with Crippen molar-refractivity contribution in [2.24, 2.45) is 10.9 Å². The van der Waals surface area contributed by atoms with Crippen molar-refractivity contribution in [3.05, 3.63) is 89.3 Å². The van der Waals surface area contributed by atoms with Gasteiger partial charge in [-0.3, -0.25) is 14.6 Å². The van der Waals surface area contributed by atoms with Crippen molar-refractivity contribution < 1.29 is 9.63 Å². The molecule has 6 heteroatoms. The zero-order chi connectivity index (χ0) is 32.6. The smallest absolute Gasteiger partial charge is 0.222 e. The van der Waals surface area contributed by atoms with E-state index in [-0.39, 0.29) is 17.9 Å². The Morgan fingerprint density at radius 1 is 1.11 bits per heavy atom. The minimum absolute atomic E-state index is 0.0117. The van der Waals surface area contributed by atoms with Crippen LogP contribution in [0.1, 0.15) is 86.5 Å². The lowest BCUT2D eigenvalue weighted by Gasteiger charge is -2.32. The van der Waals surface area contributed by atoms with Gasteiger partial charge < -0.3 is 10.6 Å². The van der Waals surface area contributed by atoms with Gasteiger partial charge in [-0.25, -0.2) is 0 Å². The molecule has 0 saturated heterocycles. The second kappa shape index (κ2) is 23.8. The molecule has 0 bridgehead atoms. The lowest BCUT2D eigenvalue weighted by Crippen LogP contribution is -2.49. The monoisotopic (exact) mass is 600 g/mol. The number of allylic oxidation sites excluding steroid dienone is 10. The molecule has 1 rings (SSSR count). The molecule has 6 nitrogen and oxygen atoms in total. The van der Waals surface area contributed by atoms with Crippen LogP contribution in [0, 0.1) is 18.3 Å². The van der Waals surface area contributed by atoms with Crippen LogP contribution >= 0.6 is 0 Å². The first-order chi connectivity index (χ1) is 21.4. The highest BCUT2D eigenvalue weighted by Gasteiger charge is 2.25. The second-order valence-corrected chi connectivity index (χ2v) is 10.7. The zero-order valence-electron chi connectivity index (χ0n) is 28.2. The van der Waals surface area contributed by atoms with Crippen LogP contribution in [0.4, 0.5) is 0 Å². The number of amides is 1. The number of hydrogen-bond acceptors (Lipinski definition) is 4. The predicted molar refractivity (Wildman–Crippen MR) is 188 cm³/mol. The van der Waals surface area contributed by atoms with Gasteiger partial charge in [0.05, 0.1) is 12.6 Å². The summed E-state index contributed by atoms with van der Waals surface area (Å²) in [4.78, 5) is 23.9. The van der Waals surface area contributed by atoms with Gasteiger partial charge in [-0.1, -0.05) is 89.5 Å². The summed E-state index contributed by atoms with van der Waals surface area (Å²) < 4.78 is 0. The summed E-state index contributed by atoms with van der Waals surface area (Å²) >= 11 is 0. The van der Waals surface area contributed by atoms with E-state index >= 15 is 0 Å². The molecule has 0 aliphatic heterocycles. The standard InChI is InChI=1S/C38H56N4O2/c1-9-15-18-19-23-32(14-6)38(41-37(43)26-17-11-3)44-42(29-13-5)30-36(39-8)40-31(7)33-24-20-25-35(28-27-33)34(21-12-4)22-16-10-2/h4,15-16,18-23,25,27-28,31-32,38H,9-11,13-14,17,26,29-30H2,1-3,5-8H3,(H,39,40)(H,41,43)/b18-15-,22-16-,23-19-,34-21+. The highest BCUT2D eigenvalue weighted by molar-refractivity contribution is 5.84. The van der Waals surface area contributed by atoms with Gasteiger partial charge in [0.25, 0.3) is 0 Å². The zero-order valence-corrected chi connectivity index (χ0v) is 28.2. The normalized spacial score (nSPS) is 16.2.